The third-order valence-corrected chi connectivity index (χ3v) is 4.60. The lowest BCUT2D eigenvalue weighted by Gasteiger charge is -2.20. The van der Waals surface area contributed by atoms with Crippen LogP contribution in [0.25, 0.3) is 0 Å². The van der Waals surface area contributed by atoms with Crippen LogP contribution in [0.2, 0.25) is 0 Å². The van der Waals surface area contributed by atoms with Crippen molar-refractivity contribution in [1.29, 1.82) is 0 Å². The quantitative estimate of drug-likeness (QED) is 0.668. The summed E-state index contributed by atoms with van der Waals surface area (Å²) in [5.41, 5.74) is 0.627. The molecule has 0 aliphatic rings. The SMILES string of the molecule is O=S(=O)(CCc1ccccn1)N(CCBr)CC(F)F. The Morgan fingerprint density at radius 3 is 2.63 bits per heavy atom. The topological polar surface area (TPSA) is 50.3 Å². The highest BCUT2D eigenvalue weighted by Gasteiger charge is 2.24. The van der Waals surface area contributed by atoms with Crippen molar-refractivity contribution in [2.24, 2.45) is 0 Å². The van der Waals surface area contributed by atoms with Gasteiger partial charge >= 0.3 is 0 Å². The Morgan fingerprint density at radius 1 is 1.37 bits per heavy atom. The fourth-order valence-corrected chi connectivity index (χ4v) is 3.60. The zero-order chi connectivity index (χ0) is 14.3. The lowest BCUT2D eigenvalue weighted by atomic mass is 10.3. The third kappa shape index (κ3) is 5.92. The zero-order valence-corrected chi connectivity index (χ0v) is 12.6. The summed E-state index contributed by atoms with van der Waals surface area (Å²) in [6, 6.07) is 5.19. The van der Waals surface area contributed by atoms with Crippen LogP contribution < -0.4 is 0 Å². The minimum absolute atomic E-state index is 0.0366. The molecule has 0 atom stereocenters. The van der Waals surface area contributed by atoms with Crippen LogP contribution in [0.15, 0.2) is 24.4 Å². The Bertz CT molecular complexity index is 471. The summed E-state index contributed by atoms with van der Waals surface area (Å²) in [7, 11) is -3.69. The molecule has 0 saturated heterocycles. The van der Waals surface area contributed by atoms with Gasteiger partial charge in [-0.15, -0.1) is 0 Å². The van der Waals surface area contributed by atoms with Crippen LogP contribution in [0.3, 0.4) is 0 Å². The molecule has 1 aromatic rings. The maximum Gasteiger partial charge on any atom is 0.252 e. The van der Waals surface area contributed by atoms with E-state index < -0.39 is 23.0 Å². The first-order valence-electron chi connectivity index (χ1n) is 5.67. The number of sulfonamides is 1. The molecule has 8 heteroatoms. The molecule has 1 heterocycles. The predicted molar refractivity (Wildman–Crippen MR) is 73.1 cm³/mol. The van der Waals surface area contributed by atoms with Gasteiger partial charge in [-0.2, -0.15) is 4.31 Å². The molecule has 1 aromatic heterocycles. The highest BCUT2D eigenvalue weighted by Crippen LogP contribution is 2.09. The van der Waals surface area contributed by atoms with Crippen LogP contribution in [0.4, 0.5) is 8.78 Å². The van der Waals surface area contributed by atoms with E-state index in [0.29, 0.717) is 11.0 Å². The van der Waals surface area contributed by atoms with Crippen molar-refractivity contribution < 1.29 is 17.2 Å². The molecule has 0 aliphatic carbocycles. The molecule has 0 fully saturated rings. The lowest BCUT2D eigenvalue weighted by Crippen LogP contribution is -2.38. The van der Waals surface area contributed by atoms with Gasteiger partial charge in [0, 0.05) is 30.2 Å². The Hall–Kier alpha value is -0.600. The first-order chi connectivity index (χ1) is 8.95. The van der Waals surface area contributed by atoms with Crippen molar-refractivity contribution in [3.8, 4) is 0 Å². The van der Waals surface area contributed by atoms with Crippen LogP contribution in [0, 0.1) is 0 Å². The first kappa shape index (κ1) is 16.5. The van der Waals surface area contributed by atoms with E-state index >= 15 is 0 Å². The van der Waals surface area contributed by atoms with Gasteiger partial charge in [0.25, 0.3) is 6.43 Å². The Kier molecular flexibility index (Phi) is 6.81. The normalized spacial score (nSPS) is 12.3. The number of aryl methyl sites for hydroxylation is 1. The number of hydrogen-bond donors (Lipinski definition) is 0. The van der Waals surface area contributed by atoms with Gasteiger partial charge in [-0.3, -0.25) is 4.98 Å². The highest BCUT2D eigenvalue weighted by molar-refractivity contribution is 9.09. The highest BCUT2D eigenvalue weighted by atomic mass is 79.9. The minimum Gasteiger partial charge on any atom is -0.261 e. The van der Waals surface area contributed by atoms with E-state index in [2.05, 4.69) is 20.9 Å². The molecule has 0 saturated carbocycles. The van der Waals surface area contributed by atoms with E-state index in [4.69, 9.17) is 0 Å². The van der Waals surface area contributed by atoms with E-state index in [1.165, 1.54) is 0 Å². The largest absolute Gasteiger partial charge is 0.261 e. The number of aromatic nitrogens is 1. The Morgan fingerprint density at radius 2 is 2.11 bits per heavy atom. The van der Waals surface area contributed by atoms with Gasteiger partial charge in [0.05, 0.1) is 12.3 Å². The van der Waals surface area contributed by atoms with Gasteiger partial charge in [-0.1, -0.05) is 22.0 Å². The van der Waals surface area contributed by atoms with Gasteiger partial charge < -0.3 is 0 Å². The number of hydrogen-bond acceptors (Lipinski definition) is 3. The molecule has 0 unspecified atom stereocenters. The van der Waals surface area contributed by atoms with Gasteiger partial charge in [0.2, 0.25) is 10.0 Å². The maximum absolute atomic E-state index is 12.4. The zero-order valence-electron chi connectivity index (χ0n) is 10.2. The number of pyridine rings is 1. The fraction of sp³-hybridized carbons (Fsp3) is 0.545. The second-order valence-corrected chi connectivity index (χ2v) is 6.71. The summed E-state index contributed by atoms with van der Waals surface area (Å²) in [6.07, 6.45) is -0.897. The van der Waals surface area contributed by atoms with Crippen LogP contribution >= 0.6 is 15.9 Å². The van der Waals surface area contributed by atoms with Gasteiger partial charge in [-0.25, -0.2) is 17.2 Å². The maximum atomic E-state index is 12.4. The monoisotopic (exact) mass is 356 g/mol. The van der Waals surface area contributed by atoms with E-state index in [1.54, 1.807) is 24.4 Å². The molecule has 0 spiro atoms. The molecule has 0 bridgehead atoms. The summed E-state index contributed by atoms with van der Waals surface area (Å²) in [6.45, 7) is -0.731. The average molecular weight is 357 g/mol. The second kappa shape index (κ2) is 7.86. The van der Waals surface area contributed by atoms with Crippen molar-refractivity contribution in [2.75, 3.05) is 24.2 Å². The lowest BCUT2D eigenvalue weighted by molar-refractivity contribution is 0.121. The van der Waals surface area contributed by atoms with Crippen molar-refractivity contribution in [3.05, 3.63) is 30.1 Å². The molecule has 0 radical (unpaired) electrons. The van der Waals surface area contributed by atoms with Crippen molar-refractivity contribution >= 4 is 26.0 Å². The van der Waals surface area contributed by atoms with E-state index in [-0.39, 0.29) is 18.7 Å². The fourth-order valence-electron chi connectivity index (χ4n) is 1.50. The van der Waals surface area contributed by atoms with Crippen LogP contribution in [-0.4, -0.2) is 48.3 Å². The van der Waals surface area contributed by atoms with Gasteiger partial charge in [-0.05, 0) is 12.1 Å². The van der Waals surface area contributed by atoms with Crippen molar-refractivity contribution in [1.82, 2.24) is 9.29 Å². The minimum atomic E-state index is -3.69. The number of nitrogens with zero attached hydrogens (tertiary/aromatic N) is 2. The average Bonchev–Trinajstić information content (AvgIpc) is 2.37. The number of alkyl halides is 3. The van der Waals surface area contributed by atoms with Crippen LogP contribution in [0.5, 0.6) is 0 Å². The summed E-state index contributed by atoms with van der Waals surface area (Å²) >= 11 is 3.07. The second-order valence-electron chi connectivity index (χ2n) is 3.83. The molecule has 4 nitrogen and oxygen atoms in total. The smallest absolute Gasteiger partial charge is 0.252 e. The molecule has 19 heavy (non-hydrogen) atoms. The molecule has 0 N–H and O–H groups in total. The summed E-state index contributed by atoms with van der Waals surface area (Å²) < 4.78 is 49.5. The molecule has 0 amide bonds. The molecular formula is C11H15BrF2N2O2S. The Labute approximate surface area is 120 Å². The molecule has 1 rings (SSSR count). The van der Waals surface area contributed by atoms with Crippen molar-refractivity contribution in [2.45, 2.75) is 12.8 Å². The number of rotatable bonds is 8. The molecule has 108 valence electrons. The van der Waals surface area contributed by atoms with Crippen molar-refractivity contribution in [3.63, 3.8) is 0 Å². The first-order valence-corrected chi connectivity index (χ1v) is 8.40. The molecule has 0 aromatic carbocycles. The summed E-state index contributed by atoms with van der Waals surface area (Å²) in [4.78, 5) is 4.01. The Balaban J connectivity index is 2.66. The molecule has 0 aliphatic heterocycles. The van der Waals surface area contributed by atoms with Crippen LogP contribution in [0.1, 0.15) is 5.69 Å². The standard InChI is InChI=1S/C11H15BrF2N2O2S/c12-5-7-16(9-11(13)14)19(17,18)8-4-10-3-1-2-6-15-10/h1-3,6,11H,4-5,7-9H2. The van der Waals surface area contributed by atoms with Gasteiger partial charge in [0.15, 0.2) is 0 Å². The predicted octanol–water partition coefficient (Wildman–Crippen LogP) is 1.92. The molecular weight excluding hydrogens is 342 g/mol. The van der Waals surface area contributed by atoms with Crippen LogP contribution in [-0.2, 0) is 16.4 Å². The third-order valence-electron chi connectivity index (χ3n) is 2.41. The van der Waals surface area contributed by atoms with E-state index in [9.17, 15) is 17.2 Å². The number of halogens is 3. The van der Waals surface area contributed by atoms with Gasteiger partial charge in [0.1, 0.15) is 0 Å². The summed E-state index contributed by atoms with van der Waals surface area (Å²) in [5.74, 6) is -0.219. The van der Waals surface area contributed by atoms with E-state index in [0.717, 1.165) is 4.31 Å². The van der Waals surface area contributed by atoms with E-state index in [1.807, 2.05) is 0 Å². The summed E-state index contributed by atoms with van der Waals surface area (Å²) in [5, 5.41) is 0.322.